The first-order valence-corrected chi connectivity index (χ1v) is 10.5. The van der Waals surface area contributed by atoms with Crippen LogP contribution in [0.2, 0.25) is 0 Å². The van der Waals surface area contributed by atoms with Gasteiger partial charge in [0.25, 0.3) is 5.91 Å². The highest BCUT2D eigenvalue weighted by molar-refractivity contribution is 7.18. The van der Waals surface area contributed by atoms with Crippen molar-refractivity contribution in [2.75, 3.05) is 18.4 Å². The molecule has 1 aliphatic heterocycles. The molecule has 1 aliphatic rings. The molecule has 0 saturated carbocycles. The second kappa shape index (κ2) is 8.63. The van der Waals surface area contributed by atoms with Crippen molar-refractivity contribution in [3.8, 4) is 10.6 Å². The Morgan fingerprint density at radius 2 is 1.79 bits per heavy atom. The standard InChI is InChI=1S/C22H24N4OS/c1-16-11-13-26(14-12-16)15-17-7-9-18(10-8-17)20(27)23-22-25-24-21(28-22)19-5-3-2-4-6-19/h2-10,16H,11-15H2,1H3,(H,23,25,27). The molecule has 0 unspecified atom stereocenters. The summed E-state index contributed by atoms with van der Waals surface area (Å²) < 4.78 is 0. The number of likely N-dealkylation sites (tertiary alicyclic amines) is 1. The van der Waals surface area contributed by atoms with Crippen LogP contribution in [0.1, 0.15) is 35.7 Å². The molecule has 4 rings (SSSR count). The van der Waals surface area contributed by atoms with E-state index in [9.17, 15) is 4.79 Å². The zero-order chi connectivity index (χ0) is 19.3. The maximum atomic E-state index is 12.5. The van der Waals surface area contributed by atoms with Crippen LogP contribution < -0.4 is 5.32 Å². The van der Waals surface area contributed by atoms with Gasteiger partial charge in [0.1, 0.15) is 5.01 Å². The topological polar surface area (TPSA) is 58.1 Å². The average molecular weight is 393 g/mol. The quantitative estimate of drug-likeness (QED) is 0.684. The van der Waals surface area contributed by atoms with Crippen molar-refractivity contribution in [3.05, 3.63) is 65.7 Å². The Balaban J connectivity index is 1.35. The van der Waals surface area contributed by atoms with Gasteiger partial charge in [-0.1, -0.05) is 60.7 Å². The number of hydrogen-bond donors (Lipinski definition) is 1. The number of rotatable bonds is 5. The minimum Gasteiger partial charge on any atom is -0.299 e. The maximum Gasteiger partial charge on any atom is 0.257 e. The zero-order valence-electron chi connectivity index (χ0n) is 16.0. The van der Waals surface area contributed by atoms with Gasteiger partial charge in [0.15, 0.2) is 0 Å². The van der Waals surface area contributed by atoms with Crippen molar-refractivity contribution < 1.29 is 4.79 Å². The lowest BCUT2D eigenvalue weighted by atomic mass is 9.99. The lowest BCUT2D eigenvalue weighted by Gasteiger charge is -2.30. The molecule has 1 saturated heterocycles. The molecular weight excluding hydrogens is 368 g/mol. The summed E-state index contributed by atoms with van der Waals surface area (Å²) in [6.07, 6.45) is 2.54. The molecule has 1 amide bonds. The van der Waals surface area contributed by atoms with Crippen molar-refractivity contribution in [1.82, 2.24) is 15.1 Å². The molecule has 6 heteroatoms. The van der Waals surface area contributed by atoms with Crippen molar-refractivity contribution in [2.45, 2.75) is 26.3 Å². The van der Waals surface area contributed by atoms with Gasteiger partial charge < -0.3 is 0 Å². The van der Waals surface area contributed by atoms with Crippen molar-refractivity contribution in [2.24, 2.45) is 5.92 Å². The van der Waals surface area contributed by atoms with Crippen LogP contribution >= 0.6 is 11.3 Å². The van der Waals surface area contributed by atoms with Gasteiger partial charge in [-0.25, -0.2) is 0 Å². The van der Waals surface area contributed by atoms with E-state index in [0.717, 1.165) is 36.1 Å². The van der Waals surface area contributed by atoms with Gasteiger partial charge in [0.2, 0.25) is 5.13 Å². The minimum atomic E-state index is -0.158. The fourth-order valence-electron chi connectivity index (χ4n) is 3.38. The molecule has 1 fully saturated rings. The third-order valence-corrected chi connectivity index (χ3v) is 6.05. The van der Waals surface area contributed by atoms with Crippen molar-refractivity contribution in [1.29, 1.82) is 0 Å². The number of aromatic nitrogens is 2. The second-order valence-electron chi connectivity index (χ2n) is 7.39. The molecule has 2 aromatic carbocycles. The fourth-order valence-corrected chi connectivity index (χ4v) is 4.12. The fraction of sp³-hybridized carbons (Fsp3) is 0.318. The number of nitrogens with one attached hydrogen (secondary N) is 1. The van der Waals surface area contributed by atoms with E-state index in [1.54, 1.807) is 0 Å². The highest BCUT2D eigenvalue weighted by Gasteiger charge is 2.16. The molecule has 0 spiro atoms. The van der Waals surface area contributed by atoms with E-state index >= 15 is 0 Å². The molecule has 144 valence electrons. The monoisotopic (exact) mass is 392 g/mol. The van der Waals surface area contributed by atoms with E-state index in [1.807, 2.05) is 54.6 Å². The predicted octanol–water partition coefficient (Wildman–Crippen LogP) is 4.69. The van der Waals surface area contributed by atoms with Crippen LogP contribution in [-0.4, -0.2) is 34.1 Å². The molecule has 2 heterocycles. The van der Waals surface area contributed by atoms with Crippen LogP contribution in [0.4, 0.5) is 5.13 Å². The predicted molar refractivity (Wildman–Crippen MR) is 113 cm³/mol. The Morgan fingerprint density at radius 3 is 2.50 bits per heavy atom. The number of anilines is 1. The molecule has 0 aliphatic carbocycles. The van der Waals surface area contributed by atoms with E-state index in [2.05, 4.69) is 27.3 Å². The summed E-state index contributed by atoms with van der Waals surface area (Å²) in [5.74, 6) is 0.680. The van der Waals surface area contributed by atoms with Gasteiger partial charge in [0, 0.05) is 17.7 Å². The van der Waals surface area contributed by atoms with Gasteiger partial charge in [-0.05, 0) is 49.5 Å². The van der Waals surface area contributed by atoms with E-state index in [1.165, 1.54) is 29.7 Å². The largest absolute Gasteiger partial charge is 0.299 e. The number of carbonyl (C=O) groups excluding carboxylic acids is 1. The average Bonchev–Trinajstić information content (AvgIpc) is 3.19. The van der Waals surface area contributed by atoms with Crippen LogP contribution in [0.15, 0.2) is 54.6 Å². The molecule has 0 atom stereocenters. The molecular formula is C22H24N4OS. The number of hydrogen-bond acceptors (Lipinski definition) is 5. The summed E-state index contributed by atoms with van der Waals surface area (Å²) in [5.41, 5.74) is 2.87. The first kappa shape index (κ1) is 18.8. The van der Waals surface area contributed by atoms with E-state index in [0.29, 0.717) is 10.7 Å². The van der Waals surface area contributed by atoms with E-state index in [4.69, 9.17) is 0 Å². The summed E-state index contributed by atoms with van der Waals surface area (Å²) in [6, 6.07) is 17.7. The summed E-state index contributed by atoms with van der Waals surface area (Å²) in [6.45, 7) is 5.59. The van der Waals surface area contributed by atoms with Crippen LogP contribution in [0.3, 0.4) is 0 Å². The molecule has 5 nitrogen and oxygen atoms in total. The van der Waals surface area contributed by atoms with Gasteiger partial charge in [-0.15, -0.1) is 10.2 Å². The first-order chi connectivity index (χ1) is 13.7. The van der Waals surface area contributed by atoms with E-state index < -0.39 is 0 Å². The number of carbonyl (C=O) groups is 1. The Bertz CT molecular complexity index is 915. The van der Waals surface area contributed by atoms with Gasteiger partial charge in [0.05, 0.1) is 0 Å². The maximum absolute atomic E-state index is 12.5. The lowest BCUT2D eigenvalue weighted by molar-refractivity contribution is 0.102. The third-order valence-electron chi connectivity index (χ3n) is 5.16. The highest BCUT2D eigenvalue weighted by atomic mass is 32.1. The number of nitrogens with zero attached hydrogens (tertiary/aromatic N) is 3. The Kier molecular flexibility index (Phi) is 5.78. The number of benzene rings is 2. The van der Waals surface area contributed by atoms with Crippen molar-refractivity contribution in [3.63, 3.8) is 0 Å². The normalized spacial score (nSPS) is 15.5. The molecule has 1 N–H and O–H groups in total. The molecule has 1 aromatic heterocycles. The van der Waals surface area contributed by atoms with Gasteiger partial charge >= 0.3 is 0 Å². The summed E-state index contributed by atoms with van der Waals surface area (Å²) in [5, 5.41) is 12.4. The third kappa shape index (κ3) is 4.64. The number of piperidine rings is 1. The smallest absolute Gasteiger partial charge is 0.257 e. The SMILES string of the molecule is CC1CCN(Cc2ccc(C(=O)Nc3nnc(-c4ccccc4)s3)cc2)CC1. The van der Waals surface area contributed by atoms with Gasteiger partial charge in [-0.2, -0.15) is 0 Å². The Morgan fingerprint density at radius 1 is 1.07 bits per heavy atom. The van der Waals surface area contributed by atoms with Crippen LogP contribution in [0.5, 0.6) is 0 Å². The van der Waals surface area contributed by atoms with Gasteiger partial charge in [-0.3, -0.25) is 15.0 Å². The van der Waals surface area contributed by atoms with Crippen LogP contribution in [0, 0.1) is 5.92 Å². The summed E-state index contributed by atoms with van der Waals surface area (Å²) >= 11 is 1.37. The lowest BCUT2D eigenvalue weighted by Crippen LogP contribution is -2.32. The van der Waals surface area contributed by atoms with Crippen LogP contribution in [0.25, 0.3) is 10.6 Å². The molecule has 0 bridgehead atoms. The first-order valence-electron chi connectivity index (χ1n) is 9.69. The molecule has 0 radical (unpaired) electrons. The molecule has 3 aromatic rings. The molecule has 28 heavy (non-hydrogen) atoms. The second-order valence-corrected chi connectivity index (χ2v) is 8.37. The van der Waals surface area contributed by atoms with E-state index in [-0.39, 0.29) is 5.91 Å². The Labute approximate surface area is 169 Å². The number of amides is 1. The zero-order valence-corrected chi connectivity index (χ0v) is 16.8. The minimum absolute atomic E-state index is 0.158. The summed E-state index contributed by atoms with van der Waals surface area (Å²) in [7, 11) is 0. The van der Waals surface area contributed by atoms with Crippen molar-refractivity contribution >= 4 is 22.4 Å². The highest BCUT2D eigenvalue weighted by Crippen LogP contribution is 2.26. The van der Waals surface area contributed by atoms with Crippen LogP contribution in [-0.2, 0) is 6.54 Å². The summed E-state index contributed by atoms with van der Waals surface area (Å²) in [4.78, 5) is 15.0. The Hall–Kier alpha value is -2.57.